The van der Waals surface area contributed by atoms with Crippen LogP contribution < -0.4 is 11.1 Å². The Morgan fingerprint density at radius 1 is 1.05 bits per heavy atom. The van der Waals surface area contributed by atoms with Gasteiger partial charge in [-0.05, 0) is 73.8 Å². The highest BCUT2D eigenvalue weighted by atomic mass is 16.4. The second-order valence-electron chi connectivity index (χ2n) is 10.4. The van der Waals surface area contributed by atoms with E-state index in [0.717, 1.165) is 66.5 Å². The first-order valence-electron chi connectivity index (χ1n) is 12.9. The number of rotatable bonds is 7. The third-order valence-electron chi connectivity index (χ3n) is 7.81. The Hall–Kier alpha value is -3.78. The number of carbonyl (C=O) groups is 2. The predicted octanol–water partition coefficient (Wildman–Crippen LogP) is 5.26. The van der Waals surface area contributed by atoms with Crippen LogP contribution in [0.3, 0.4) is 0 Å². The molecule has 0 radical (unpaired) electrons. The van der Waals surface area contributed by atoms with Gasteiger partial charge < -0.3 is 21.1 Å². The Balaban J connectivity index is 1.30. The number of amides is 2. The van der Waals surface area contributed by atoms with Crippen LogP contribution in [0.1, 0.15) is 50.5 Å². The van der Waals surface area contributed by atoms with Crippen molar-refractivity contribution in [2.45, 2.75) is 56.5 Å². The van der Waals surface area contributed by atoms with Gasteiger partial charge >= 0.3 is 6.09 Å². The van der Waals surface area contributed by atoms with Gasteiger partial charge in [0.25, 0.3) is 0 Å². The van der Waals surface area contributed by atoms with E-state index in [9.17, 15) is 14.7 Å². The Morgan fingerprint density at radius 3 is 2.41 bits per heavy atom. The minimum absolute atomic E-state index is 0.0284. The van der Waals surface area contributed by atoms with E-state index >= 15 is 0 Å². The predicted molar refractivity (Wildman–Crippen MR) is 143 cm³/mol. The molecule has 0 atom stereocenters. The van der Waals surface area contributed by atoms with Crippen LogP contribution in [0.15, 0.2) is 60.9 Å². The van der Waals surface area contributed by atoms with E-state index in [2.05, 4.69) is 39.6 Å². The van der Waals surface area contributed by atoms with Crippen molar-refractivity contribution < 1.29 is 14.7 Å². The van der Waals surface area contributed by atoms with Gasteiger partial charge in [-0.1, -0.05) is 30.3 Å². The number of hydrogen-bond donors (Lipinski definition) is 3. The minimum Gasteiger partial charge on any atom is -0.465 e. The molecule has 1 aromatic carbocycles. The number of aromatic nitrogens is 2. The molecule has 2 heterocycles. The molecular formula is C29H33N5O3. The molecule has 8 heteroatoms. The van der Waals surface area contributed by atoms with Gasteiger partial charge in [-0.25, -0.2) is 9.78 Å². The molecule has 0 spiro atoms. The fraction of sp³-hybridized carbons (Fsp3) is 0.379. The quantitative estimate of drug-likeness (QED) is 0.408. The van der Waals surface area contributed by atoms with E-state index in [1.165, 1.54) is 4.90 Å². The van der Waals surface area contributed by atoms with Gasteiger partial charge in [-0.2, -0.15) is 0 Å². The summed E-state index contributed by atoms with van der Waals surface area (Å²) in [6.45, 7) is 0. The van der Waals surface area contributed by atoms with Crippen LogP contribution in [0, 0.1) is 5.92 Å². The molecule has 2 amide bonds. The van der Waals surface area contributed by atoms with Crippen molar-refractivity contribution in [3.05, 3.63) is 66.5 Å². The van der Waals surface area contributed by atoms with Crippen LogP contribution in [0.5, 0.6) is 0 Å². The number of hydrogen-bond acceptors (Lipinski definition) is 5. The van der Waals surface area contributed by atoms with Crippen molar-refractivity contribution in [1.29, 1.82) is 0 Å². The van der Waals surface area contributed by atoms with Gasteiger partial charge in [0, 0.05) is 48.6 Å². The van der Waals surface area contributed by atoms with Crippen molar-refractivity contribution in [1.82, 2.24) is 14.9 Å². The van der Waals surface area contributed by atoms with Crippen molar-refractivity contribution in [2.75, 3.05) is 12.4 Å². The smallest absolute Gasteiger partial charge is 0.407 e. The van der Waals surface area contributed by atoms with E-state index < -0.39 is 6.09 Å². The Bertz CT molecular complexity index is 1270. The third-order valence-corrected chi connectivity index (χ3v) is 7.81. The summed E-state index contributed by atoms with van der Waals surface area (Å²) in [6, 6.07) is 16.0. The van der Waals surface area contributed by atoms with Gasteiger partial charge in [-0.3, -0.25) is 9.78 Å². The number of nitrogens with zero attached hydrogens (tertiary/aromatic N) is 3. The van der Waals surface area contributed by atoms with Gasteiger partial charge in [0.2, 0.25) is 5.91 Å². The maximum absolute atomic E-state index is 12.9. The van der Waals surface area contributed by atoms with Crippen LogP contribution in [0.4, 0.5) is 10.6 Å². The Kier molecular flexibility index (Phi) is 6.93. The maximum Gasteiger partial charge on any atom is 0.407 e. The molecule has 3 aromatic rings. The molecule has 2 aliphatic carbocycles. The van der Waals surface area contributed by atoms with Gasteiger partial charge in [0.1, 0.15) is 5.82 Å². The first-order chi connectivity index (χ1) is 17.8. The summed E-state index contributed by atoms with van der Waals surface area (Å²) in [5.74, 6) is 0.650. The highest BCUT2D eigenvalue weighted by molar-refractivity contribution is 5.92. The normalized spacial score (nSPS) is 20.2. The second kappa shape index (κ2) is 10.3. The minimum atomic E-state index is -0.901. The third kappa shape index (κ3) is 5.64. The zero-order valence-corrected chi connectivity index (χ0v) is 21.1. The fourth-order valence-corrected chi connectivity index (χ4v) is 5.24. The second-order valence-corrected chi connectivity index (χ2v) is 10.4. The van der Waals surface area contributed by atoms with Crippen molar-refractivity contribution in [3.63, 3.8) is 0 Å². The van der Waals surface area contributed by atoms with E-state index in [4.69, 9.17) is 5.73 Å². The molecule has 8 nitrogen and oxygen atoms in total. The summed E-state index contributed by atoms with van der Waals surface area (Å²) in [5.41, 5.74) is 11.0. The van der Waals surface area contributed by atoms with Crippen LogP contribution in [-0.2, 0) is 10.3 Å². The summed E-state index contributed by atoms with van der Waals surface area (Å²) in [6.07, 6.45) is 8.30. The Morgan fingerprint density at radius 2 is 1.78 bits per heavy atom. The lowest BCUT2D eigenvalue weighted by Crippen LogP contribution is -2.38. The van der Waals surface area contributed by atoms with Crippen molar-refractivity contribution in [2.24, 2.45) is 11.7 Å². The first kappa shape index (κ1) is 24.9. The van der Waals surface area contributed by atoms with Crippen molar-refractivity contribution >= 4 is 17.8 Å². The molecule has 0 unspecified atom stereocenters. The number of nitrogens with one attached hydrogen (secondary N) is 1. The monoisotopic (exact) mass is 499 g/mol. The molecule has 5 rings (SSSR count). The van der Waals surface area contributed by atoms with Crippen LogP contribution in [0.25, 0.3) is 22.4 Å². The van der Waals surface area contributed by atoms with Crippen LogP contribution >= 0.6 is 0 Å². The standard InChI is InChI=1S/C29H33N5O3/c1-34(28(36)37)22-11-5-19(6-12-22)16-27(35)33-26-17-23(25-4-2-3-15-31-25)24(18-32-26)20-7-9-21(10-8-20)29(30)13-14-29/h2-4,7-10,15,17-19,22H,5-6,11-14,16,30H2,1H3,(H,36,37)(H,32,33,35). The molecule has 2 fully saturated rings. The highest BCUT2D eigenvalue weighted by Gasteiger charge is 2.39. The van der Waals surface area contributed by atoms with Crippen LogP contribution in [0.2, 0.25) is 0 Å². The average molecular weight is 500 g/mol. The maximum atomic E-state index is 12.9. The molecule has 0 aliphatic heterocycles. The van der Waals surface area contributed by atoms with Gasteiger partial charge in [0.15, 0.2) is 0 Å². The molecule has 4 N–H and O–H groups in total. The number of pyridine rings is 2. The van der Waals surface area contributed by atoms with E-state index in [-0.39, 0.29) is 23.4 Å². The summed E-state index contributed by atoms with van der Waals surface area (Å²) in [4.78, 5) is 34.6. The lowest BCUT2D eigenvalue weighted by atomic mass is 9.83. The fourth-order valence-electron chi connectivity index (χ4n) is 5.24. The molecule has 0 saturated heterocycles. The van der Waals surface area contributed by atoms with E-state index in [0.29, 0.717) is 12.2 Å². The number of carbonyl (C=O) groups excluding carboxylic acids is 1. The van der Waals surface area contributed by atoms with Gasteiger partial charge in [0.05, 0.1) is 5.69 Å². The zero-order valence-electron chi connectivity index (χ0n) is 21.1. The molecule has 37 heavy (non-hydrogen) atoms. The molecule has 2 aromatic heterocycles. The lowest BCUT2D eigenvalue weighted by Gasteiger charge is -2.32. The molecule has 192 valence electrons. The molecular weight excluding hydrogens is 466 g/mol. The highest BCUT2D eigenvalue weighted by Crippen LogP contribution is 2.43. The first-order valence-corrected chi connectivity index (χ1v) is 12.9. The SMILES string of the molecule is CN(C(=O)O)C1CCC(CC(=O)Nc2cc(-c3ccccn3)c(-c3ccc(C4(N)CC4)cc3)cn2)CC1. The number of benzene rings is 1. The summed E-state index contributed by atoms with van der Waals surface area (Å²) < 4.78 is 0. The summed E-state index contributed by atoms with van der Waals surface area (Å²) >= 11 is 0. The molecule has 2 aliphatic rings. The topological polar surface area (TPSA) is 121 Å². The van der Waals surface area contributed by atoms with Gasteiger partial charge in [-0.15, -0.1) is 0 Å². The average Bonchev–Trinajstić information content (AvgIpc) is 3.67. The largest absolute Gasteiger partial charge is 0.465 e. The van der Waals surface area contributed by atoms with Crippen LogP contribution in [-0.4, -0.2) is 45.1 Å². The van der Waals surface area contributed by atoms with E-state index in [1.807, 2.05) is 24.3 Å². The molecule has 0 bridgehead atoms. The van der Waals surface area contributed by atoms with Crippen molar-refractivity contribution in [3.8, 4) is 22.4 Å². The van der Waals surface area contributed by atoms with E-state index in [1.54, 1.807) is 19.4 Å². The molecule has 2 saturated carbocycles. The summed E-state index contributed by atoms with van der Waals surface area (Å²) in [7, 11) is 1.62. The zero-order chi connectivity index (χ0) is 26.0. The summed E-state index contributed by atoms with van der Waals surface area (Å²) in [5, 5.41) is 12.2. The number of carboxylic acid groups (broad SMARTS) is 1. The lowest BCUT2D eigenvalue weighted by molar-refractivity contribution is -0.117. The number of anilines is 1. The number of nitrogens with two attached hydrogens (primary N) is 1. The Labute approximate surface area is 216 Å².